The van der Waals surface area contributed by atoms with Crippen LogP contribution >= 0.6 is 11.8 Å². The van der Waals surface area contributed by atoms with Gasteiger partial charge >= 0.3 is 0 Å². The SMILES string of the molecule is CCSC1CCCCN(S(=O)(=O)c2c(F)cccc2F)C1. The van der Waals surface area contributed by atoms with Crippen LogP contribution in [0.2, 0.25) is 0 Å². The Balaban J connectivity index is 2.33. The summed E-state index contributed by atoms with van der Waals surface area (Å²) >= 11 is 1.70. The molecule has 1 atom stereocenters. The molecular weight excluding hydrogens is 316 g/mol. The van der Waals surface area contributed by atoms with Crippen molar-refractivity contribution in [2.24, 2.45) is 0 Å². The van der Waals surface area contributed by atoms with E-state index in [0.29, 0.717) is 13.1 Å². The second-order valence-corrected chi connectivity index (χ2v) is 8.44. The fourth-order valence-electron chi connectivity index (χ4n) is 2.52. The molecule has 118 valence electrons. The van der Waals surface area contributed by atoms with Crippen LogP contribution in [0.5, 0.6) is 0 Å². The first-order valence-electron chi connectivity index (χ1n) is 7.02. The van der Waals surface area contributed by atoms with Gasteiger partial charge in [0.15, 0.2) is 4.90 Å². The quantitative estimate of drug-likeness (QED) is 0.847. The molecule has 21 heavy (non-hydrogen) atoms. The number of sulfonamides is 1. The standard InChI is InChI=1S/C14H19F2NO2S2/c1-2-20-11-6-3-4-9-17(10-11)21(18,19)14-12(15)7-5-8-13(14)16/h5,7-8,11H,2-4,6,9-10H2,1H3. The lowest BCUT2D eigenvalue weighted by Gasteiger charge is -2.23. The number of halogens is 2. The van der Waals surface area contributed by atoms with Gasteiger partial charge in [0.1, 0.15) is 11.6 Å². The zero-order valence-corrected chi connectivity index (χ0v) is 13.5. The normalized spacial score (nSPS) is 21.2. The summed E-state index contributed by atoms with van der Waals surface area (Å²) in [6, 6.07) is 3.12. The smallest absolute Gasteiger partial charge is 0.207 e. The van der Waals surface area contributed by atoms with Gasteiger partial charge in [-0.2, -0.15) is 16.1 Å². The third-order valence-electron chi connectivity index (χ3n) is 3.51. The van der Waals surface area contributed by atoms with Gasteiger partial charge in [0.2, 0.25) is 10.0 Å². The van der Waals surface area contributed by atoms with Crippen molar-refractivity contribution >= 4 is 21.8 Å². The van der Waals surface area contributed by atoms with E-state index < -0.39 is 26.6 Å². The molecule has 1 heterocycles. The van der Waals surface area contributed by atoms with E-state index in [1.54, 1.807) is 11.8 Å². The molecule has 0 aliphatic carbocycles. The number of hydrogen-bond donors (Lipinski definition) is 0. The minimum Gasteiger partial charge on any atom is -0.207 e. The summed E-state index contributed by atoms with van der Waals surface area (Å²) in [5, 5.41) is 0.183. The van der Waals surface area contributed by atoms with Crippen molar-refractivity contribution < 1.29 is 17.2 Å². The van der Waals surface area contributed by atoms with E-state index in [-0.39, 0.29) is 5.25 Å². The second kappa shape index (κ2) is 7.07. The fourth-order valence-corrected chi connectivity index (χ4v) is 5.34. The Hall–Kier alpha value is -0.660. The summed E-state index contributed by atoms with van der Waals surface area (Å²) < 4.78 is 54.0. The monoisotopic (exact) mass is 335 g/mol. The van der Waals surface area contributed by atoms with Crippen molar-refractivity contribution in [3.63, 3.8) is 0 Å². The first-order valence-corrected chi connectivity index (χ1v) is 9.51. The van der Waals surface area contributed by atoms with E-state index >= 15 is 0 Å². The van der Waals surface area contributed by atoms with Gasteiger partial charge in [0.05, 0.1) is 0 Å². The first-order chi connectivity index (χ1) is 9.96. The van der Waals surface area contributed by atoms with Crippen LogP contribution in [-0.4, -0.2) is 36.8 Å². The third kappa shape index (κ3) is 3.76. The first kappa shape index (κ1) is 16.7. The maximum atomic E-state index is 13.8. The Morgan fingerprint density at radius 2 is 1.95 bits per heavy atom. The maximum Gasteiger partial charge on any atom is 0.248 e. The Kier molecular flexibility index (Phi) is 5.62. The molecule has 1 fully saturated rings. The molecule has 7 heteroatoms. The van der Waals surface area contributed by atoms with Crippen molar-refractivity contribution in [3.8, 4) is 0 Å². The summed E-state index contributed by atoms with van der Waals surface area (Å²) in [7, 11) is -4.13. The highest BCUT2D eigenvalue weighted by molar-refractivity contribution is 7.99. The molecule has 1 aliphatic rings. The number of benzene rings is 1. The highest BCUT2D eigenvalue weighted by Crippen LogP contribution is 2.28. The summed E-state index contributed by atoms with van der Waals surface area (Å²) in [5.74, 6) is -1.16. The van der Waals surface area contributed by atoms with Gasteiger partial charge in [-0.05, 0) is 30.7 Å². The third-order valence-corrected chi connectivity index (χ3v) is 6.62. The molecule has 0 radical (unpaired) electrons. The zero-order valence-electron chi connectivity index (χ0n) is 11.9. The summed E-state index contributed by atoms with van der Waals surface area (Å²) in [5.41, 5.74) is 0. The van der Waals surface area contributed by atoms with Crippen LogP contribution < -0.4 is 0 Å². The van der Waals surface area contributed by atoms with Crippen LogP contribution in [0.1, 0.15) is 26.2 Å². The van der Waals surface area contributed by atoms with Crippen LogP contribution in [0, 0.1) is 11.6 Å². The summed E-state index contributed by atoms with van der Waals surface area (Å²) in [6.07, 6.45) is 2.59. The van der Waals surface area contributed by atoms with Gasteiger partial charge < -0.3 is 0 Å². The van der Waals surface area contributed by atoms with Gasteiger partial charge in [-0.25, -0.2) is 17.2 Å². The molecule has 3 nitrogen and oxygen atoms in total. The van der Waals surface area contributed by atoms with Crippen LogP contribution in [0.3, 0.4) is 0 Å². The molecule has 0 spiro atoms. The molecule has 0 bridgehead atoms. The van der Waals surface area contributed by atoms with E-state index in [1.807, 2.05) is 6.92 Å². The average Bonchev–Trinajstić information content (AvgIpc) is 2.65. The second-order valence-electron chi connectivity index (χ2n) is 4.99. The predicted molar refractivity (Wildman–Crippen MR) is 80.9 cm³/mol. The van der Waals surface area contributed by atoms with Gasteiger partial charge in [-0.3, -0.25) is 0 Å². The molecule has 1 unspecified atom stereocenters. The topological polar surface area (TPSA) is 37.4 Å². The fraction of sp³-hybridized carbons (Fsp3) is 0.571. The lowest BCUT2D eigenvalue weighted by Crippen LogP contribution is -2.36. The van der Waals surface area contributed by atoms with Crippen molar-refractivity contribution in [2.75, 3.05) is 18.8 Å². The summed E-state index contributed by atoms with van der Waals surface area (Å²) in [6.45, 7) is 2.65. The van der Waals surface area contributed by atoms with Crippen molar-refractivity contribution in [1.82, 2.24) is 4.31 Å². The van der Waals surface area contributed by atoms with E-state index in [9.17, 15) is 17.2 Å². The predicted octanol–water partition coefficient (Wildman–Crippen LogP) is 3.26. The van der Waals surface area contributed by atoms with E-state index in [0.717, 1.165) is 37.1 Å². The highest BCUT2D eigenvalue weighted by Gasteiger charge is 2.33. The number of nitrogens with zero attached hydrogens (tertiary/aromatic N) is 1. The van der Waals surface area contributed by atoms with E-state index in [1.165, 1.54) is 10.4 Å². The van der Waals surface area contributed by atoms with Gasteiger partial charge in [-0.1, -0.05) is 19.4 Å². The number of hydrogen-bond acceptors (Lipinski definition) is 3. The molecule has 1 aromatic rings. The zero-order chi connectivity index (χ0) is 15.5. The molecule has 0 N–H and O–H groups in total. The maximum absolute atomic E-state index is 13.8. The van der Waals surface area contributed by atoms with Crippen molar-refractivity contribution in [2.45, 2.75) is 36.3 Å². The van der Waals surface area contributed by atoms with Gasteiger partial charge in [-0.15, -0.1) is 0 Å². The molecule has 1 aliphatic heterocycles. The van der Waals surface area contributed by atoms with Gasteiger partial charge in [0.25, 0.3) is 0 Å². The largest absolute Gasteiger partial charge is 0.248 e. The minimum atomic E-state index is -4.13. The molecule has 2 rings (SSSR count). The Morgan fingerprint density at radius 3 is 2.57 bits per heavy atom. The molecular formula is C14H19F2NO2S2. The highest BCUT2D eigenvalue weighted by atomic mass is 32.2. The van der Waals surface area contributed by atoms with Crippen LogP contribution in [-0.2, 0) is 10.0 Å². The average molecular weight is 335 g/mol. The van der Waals surface area contributed by atoms with Gasteiger partial charge in [0, 0.05) is 18.3 Å². The molecule has 1 aromatic carbocycles. The van der Waals surface area contributed by atoms with Crippen LogP contribution in [0.25, 0.3) is 0 Å². The Morgan fingerprint density at radius 1 is 1.29 bits per heavy atom. The molecule has 0 amide bonds. The minimum absolute atomic E-state index is 0.183. The number of rotatable bonds is 4. The molecule has 0 saturated carbocycles. The number of thioether (sulfide) groups is 1. The van der Waals surface area contributed by atoms with E-state index in [2.05, 4.69) is 0 Å². The lowest BCUT2D eigenvalue weighted by atomic mass is 10.2. The summed E-state index contributed by atoms with van der Waals surface area (Å²) in [4.78, 5) is -0.827. The van der Waals surface area contributed by atoms with E-state index in [4.69, 9.17) is 0 Å². The lowest BCUT2D eigenvalue weighted by molar-refractivity contribution is 0.415. The van der Waals surface area contributed by atoms with Crippen molar-refractivity contribution in [3.05, 3.63) is 29.8 Å². The van der Waals surface area contributed by atoms with Crippen LogP contribution in [0.4, 0.5) is 8.78 Å². The molecule has 0 aromatic heterocycles. The van der Waals surface area contributed by atoms with Crippen LogP contribution in [0.15, 0.2) is 23.1 Å². The Bertz CT molecular complexity index is 572. The Labute approximate surface area is 128 Å². The molecule has 1 saturated heterocycles. The van der Waals surface area contributed by atoms with Crippen molar-refractivity contribution in [1.29, 1.82) is 0 Å².